The SMILES string of the molecule is [2H]C([2H])(C)C1C(=O)[C@@H]2[C@H](CC[C@]3(C)[C@@H]([C@H](C)CCC(=O)O)CC[C@@H]23)[C@@]2(C)CC[C@@H](O)C[C@@H]12.[2H]C([2H])(C)C1C(=O)[C@@H]2[C@H](CC[C@]3(C)[C@@H]([C@H](C)CCC(=O)O)CC[C@@H]23)[C@@]2(C)CC[C@@H](OC3CCCCO3)C[C@@H]12. The van der Waals surface area contributed by atoms with Crippen molar-refractivity contribution in [3.8, 4) is 0 Å². The molecule has 0 spiro atoms. The Morgan fingerprint density at radius 1 is 0.636 bits per heavy atom. The van der Waals surface area contributed by atoms with Gasteiger partial charge in [0.05, 0.1) is 12.2 Å². The number of fused-ring (bicyclic) bond motifs is 10. The first-order valence-corrected chi connectivity index (χ1v) is 27.1. The summed E-state index contributed by atoms with van der Waals surface area (Å²) in [4.78, 5) is 51.0. The summed E-state index contributed by atoms with van der Waals surface area (Å²) in [6, 6.07) is 0. The van der Waals surface area contributed by atoms with Crippen LogP contribution in [0.15, 0.2) is 0 Å². The van der Waals surface area contributed by atoms with Gasteiger partial charge in [-0.05, 0) is 216 Å². The number of carboxylic acid groups (broad SMARTS) is 2. The summed E-state index contributed by atoms with van der Waals surface area (Å²) >= 11 is 0. The minimum absolute atomic E-state index is 0.00497. The quantitative estimate of drug-likeness (QED) is 0.163. The van der Waals surface area contributed by atoms with Gasteiger partial charge in [0.2, 0.25) is 0 Å². The molecule has 0 aromatic rings. The van der Waals surface area contributed by atoms with E-state index in [4.69, 9.17) is 20.1 Å². The molecule has 0 aromatic carbocycles. The molecule has 9 heteroatoms. The lowest BCUT2D eigenvalue weighted by Crippen LogP contribution is -2.61. The first kappa shape index (κ1) is 45.3. The van der Waals surface area contributed by atoms with Crippen molar-refractivity contribution in [2.75, 3.05) is 6.61 Å². The maximum Gasteiger partial charge on any atom is 0.303 e. The molecule has 8 saturated carbocycles. The summed E-state index contributed by atoms with van der Waals surface area (Å²) < 4.78 is 47.2. The Kier molecular flexibility index (Phi) is 13.6. The van der Waals surface area contributed by atoms with E-state index in [0.29, 0.717) is 48.9 Å². The molecular weight excluding hydrogens is 829 g/mol. The van der Waals surface area contributed by atoms with Crippen molar-refractivity contribution in [1.29, 1.82) is 0 Å². The third kappa shape index (κ3) is 8.84. The molecular formula is C57H92O9. The summed E-state index contributed by atoms with van der Waals surface area (Å²) in [5, 5.41) is 28.8. The number of carbonyl (C=O) groups excluding carboxylic acids is 2. The topological polar surface area (TPSA) is 147 Å². The Morgan fingerprint density at radius 2 is 1.09 bits per heavy atom. The maximum absolute atomic E-state index is 14.5. The molecule has 9 nitrogen and oxygen atoms in total. The minimum Gasteiger partial charge on any atom is -0.481 e. The molecule has 1 heterocycles. The van der Waals surface area contributed by atoms with Crippen LogP contribution in [0.25, 0.3) is 0 Å². The zero-order valence-corrected chi connectivity index (χ0v) is 42.2. The Hall–Kier alpha value is -1.84. The molecule has 1 aliphatic heterocycles. The first-order valence-electron chi connectivity index (χ1n) is 29.1. The van der Waals surface area contributed by atoms with Crippen molar-refractivity contribution in [3.05, 3.63) is 0 Å². The second-order valence-corrected chi connectivity index (χ2v) is 25.1. The Balaban J connectivity index is 0.000000191. The van der Waals surface area contributed by atoms with E-state index in [1.807, 2.05) is 0 Å². The molecule has 0 bridgehead atoms. The van der Waals surface area contributed by atoms with E-state index in [1.54, 1.807) is 13.8 Å². The van der Waals surface area contributed by atoms with Crippen LogP contribution in [0.3, 0.4) is 0 Å². The molecule has 1 saturated heterocycles. The van der Waals surface area contributed by atoms with Gasteiger partial charge in [0.1, 0.15) is 11.6 Å². The largest absolute Gasteiger partial charge is 0.481 e. The van der Waals surface area contributed by atoms with Gasteiger partial charge >= 0.3 is 11.9 Å². The van der Waals surface area contributed by atoms with E-state index in [-0.39, 0.29) is 99.9 Å². The zero-order valence-electron chi connectivity index (χ0n) is 46.2. The van der Waals surface area contributed by atoms with Gasteiger partial charge in [-0.3, -0.25) is 19.2 Å². The molecule has 0 radical (unpaired) electrons. The number of carboxylic acids is 2. The van der Waals surface area contributed by atoms with E-state index >= 15 is 0 Å². The normalized spacial score (nSPS) is 49.6. The molecule has 21 atom stereocenters. The van der Waals surface area contributed by atoms with Gasteiger partial charge in [-0.15, -0.1) is 0 Å². The standard InChI is InChI=1S/C31H50O5.C26H42O4/c1-5-21-25-18-20(36-27-8-6-7-17-35-27)13-15-31(25,4)24-14-16-30(3)22(19(2)9-12-26(32)33)10-11-23(30)28(24)29(21)34;1-5-17-21-14-16(27)10-12-26(21,4)20-11-13-25(3)18(15(2)6-9-22(28)29)7-8-19(25)23(20)24(17)30/h19-25,27-28H,5-18H2,1-4H3,(H,32,33);15-21,23,27H,5-14H2,1-4H3,(H,28,29)/t19-,20-,21?,22-,23+,24+,25+,27?,28+,30-,31-;15-,16-,17?,18-,19+,20+,21+,23+,25-,26-/m11/s1/i2*5D2. The van der Waals surface area contributed by atoms with Crippen molar-refractivity contribution in [1.82, 2.24) is 0 Å². The summed E-state index contributed by atoms with van der Waals surface area (Å²) in [6.45, 7) is 17.7. The maximum atomic E-state index is 14.5. The highest BCUT2D eigenvalue weighted by Gasteiger charge is 2.67. The fraction of sp³-hybridized carbons (Fsp3) is 0.930. The molecule has 8 aliphatic carbocycles. The number of aliphatic carboxylic acids is 2. The molecule has 0 amide bonds. The van der Waals surface area contributed by atoms with Crippen LogP contribution in [0.2, 0.25) is 0 Å². The number of aliphatic hydroxyl groups excluding tert-OH is 1. The number of aliphatic hydroxyl groups is 1. The smallest absolute Gasteiger partial charge is 0.303 e. The van der Waals surface area contributed by atoms with E-state index in [0.717, 1.165) is 109 Å². The van der Waals surface area contributed by atoms with E-state index in [1.165, 1.54) is 0 Å². The van der Waals surface area contributed by atoms with Crippen molar-refractivity contribution >= 4 is 23.5 Å². The number of ether oxygens (including phenoxy) is 2. The second-order valence-electron chi connectivity index (χ2n) is 25.1. The van der Waals surface area contributed by atoms with Gasteiger partial charge < -0.3 is 24.8 Å². The number of hydrogen-bond acceptors (Lipinski definition) is 7. The predicted molar refractivity (Wildman–Crippen MR) is 256 cm³/mol. The zero-order chi connectivity index (χ0) is 51.1. The second kappa shape index (κ2) is 19.7. The fourth-order valence-electron chi connectivity index (χ4n) is 18.9. The van der Waals surface area contributed by atoms with Crippen molar-refractivity contribution in [3.63, 3.8) is 0 Å². The summed E-state index contributed by atoms with van der Waals surface area (Å²) in [5.74, 6) is -0.0695. The van der Waals surface area contributed by atoms with E-state index in [9.17, 15) is 29.4 Å². The third-order valence-corrected chi connectivity index (χ3v) is 22.3. The van der Waals surface area contributed by atoms with Crippen LogP contribution < -0.4 is 0 Å². The highest BCUT2D eigenvalue weighted by Crippen LogP contribution is 2.71. The van der Waals surface area contributed by atoms with Crippen LogP contribution in [-0.4, -0.2) is 63.9 Å². The number of ketones is 2. The average Bonchev–Trinajstić information content (AvgIpc) is 3.82. The fourth-order valence-corrected chi connectivity index (χ4v) is 18.9. The molecule has 374 valence electrons. The Morgan fingerprint density at radius 3 is 1.55 bits per heavy atom. The lowest BCUT2D eigenvalue weighted by Gasteiger charge is -2.62. The third-order valence-electron chi connectivity index (χ3n) is 22.3. The minimum atomic E-state index is -1.59. The first-order chi connectivity index (χ1) is 32.7. The van der Waals surface area contributed by atoms with Crippen LogP contribution in [0.4, 0.5) is 0 Å². The van der Waals surface area contributed by atoms with Crippen LogP contribution in [0.1, 0.15) is 208 Å². The van der Waals surface area contributed by atoms with Crippen molar-refractivity contribution < 1.29 is 49.5 Å². The van der Waals surface area contributed by atoms with Gasteiger partial charge in [0.25, 0.3) is 0 Å². The molecule has 9 rings (SSSR count). The molecule has 3 N–H and O–H groups in total. The lowest BCUT2D eigenvalue weighted by atomic mass is 9.42. The van der Waals surface area contributed by atoms with Crippen LogP contribution in [0.5, 0.6) is 0 Å². The number of hydrogen-bond donors (Lipinski definition) is 3. The van der Waals surface area contributed by atoms with Gasteiger partial charge in [-0.1, -0.05) is 55.4 Å². The monoisotopic (exact) mass is 925 g/mol. The van der Waals surface area contributed by atoms with E-state index in [2.05, 4.69) is 41.5 Å². The summed E-state index contributed by atoms with van der Waals surface area (Å²) in [5.41, 5.74) is -0.104. The molecule has 0 aromatic heterocycles. The van der Waals surface area contributed by atoms with Crippen LogP contribution in [-0.2, 0) is 28.7 Å². The lowest BCUT2D eigenvalue weighted by molar-refractivity contribution is -0.216. The predicted octanol–water partition coefficient (Wildman–Crippen LogP) is 12.2. The van der Waals surface area contributed by atoms with Crippen molar-refractivity contribution in [2.24, 2.45) is 105 Å². The molecule has 9 fully saturated rings. The van der Waals surface area contributed by atoms with Gasteiger partial charge in [-0.25, -0.2) is 0 Å². The Bertz CT molecular complexity index is 1930. The highest BCUT2D eigenvalue weighted by atomic mass is 16.7. The van der Waals surface area contributed by atoms with E-state index < -0.39 is 42.6 Å². The van der Waals surface area contributed by atoms with Crippen molar-refractivity contribution in [2.45, 2.75) is 221 Å². The number of Topliss-reactive ketones (excluding diaryl/α,β-unsaturated/α-hetero) is 2. The summed E-state index contributed by atoms with van der Waals surface area (Å²) in [6.07, 6.45) is 14.3. The van der Waals surface area contributed by atoms with Gasteiger partial charge in [0.15, 0.2) is 6.29 Å². The average molecular weight is 925 g/mol. The highest BCUT2D eigenvalue weighted by molar-refractivity contribution is 5.86. The molecule has 3 unspecified atom stereocenters. The molecule has 66 heavy (non-hydrogen) atoms. The molecule has 9 aliphatic rings. The van der Waals surface area contributed by atoms with Gasteiger partial charge in [-0.2, -0.15) is 0 Å². The van der Waals surface area contributed by atoms with Crippen LogP contribution in [0, 0.1) is 105 Å². The Labute approximate surface area is 404 Å². The number of rotatable bonds is 12. The van der Waals surface area contributed by atoms with Gasteiger partial charge in [0, 0.05) is 48.6 Å². The summed E-state index contributed by atoms with van der Waals surface area (Å²) in [7, 11) is 0. The number of carbonyl (C=O) groups is 4. The van der Waals surface area contributed by atoms with Crippen LogP contribution >= 0.6 is 0 Å².